The van der Waals surface area contributed by atoms with Gasteiger partial charge >= 0.3 is 0 Å². The van der Waals surface area contributed by atoms with Crippen LogP contribution in [-0.2, 0) is 13.1 Å². The molecule has 5 heteroatoms. The summed E-state index contributed by atoms with van der Waals surface area (Å²) in [7, 11) is 0. The Morgan fingerprint density at radius 3 is 2.80 bits per heavy atom. The van der Waals surface area contributed by atoms with Crippen LogP contribution in [0.2, 0.25) is 0 Å². The topological polar surface area (TPSA) is 56.7 Å². The molecule has 2 N–H and O–H groups in total. The molecule has 84 valence electrons. The Balaban J connectivity index is 2.60. The highest BCUT2D eigenvalue weighted by Gasteiger charge is 2.08. The molecule has 0 spiro atoms. The van der Waals surface area contributed by atoms with Gasteiger partial charge in [0, 0.05) is 12.3 Å². The number of aromatic nitrogens is 3. The van der Waals surface area contributed by atoms with Crippen molar-refractivity contribution in [2.24, 2.45) is 5.73 Å². The Hall–Kier alpha value is -0.810. The lowest BCUT2D eigenvalue weighted by Gasteiger charge is -2.05. The van der Waals surface area contributed by atoms with Crippen molar-refractivity contribution in [2.45, 2.75) is 38.5 Å². The van der Waals surface area contributed by atoms with Crippen LogP contribution in [-0.4, -0.2) is 20.5 Å². The summed E-state index contributed by atoms with van der Waals surface area (Å²) in [6.07, 6.45) is 1.01. The summed E-state index contributed by atoms with van der Waals surface area (Å²) in [5, 5.41) is 9.13. The first-order chi connectivity index (χ1) is 7.19. The minimum absolute atomic E-state index is 0.446. The van der Waals surface area contributed by atoms with Crippen LogP contribution in [0.5, 0.6) is 0 Å². The molecule has 1 aromatic rings. The molecule has 0 aliphatic rings. The molecule has 1 aromatic heterocycles. The van der Waals surface area contributed by atoms with E-state index in [-0.39, 0.29) is 0 Å². The van der Waals surface area contributed by atoms with Crippen molar-refractivity contribution in [3.05, 3.63) is 18.0 Å². The molecule has 0 saturated heterocycles. The molecule has 0 amide bonds. The van der Waals surface area contributed by atoms with Gasteiger partial charge in [0.1, 0.15) is 5.82 Å². The fourth-order valence-electron chi connectivity index (χ4n) is 1.21. The van der Waals surface area contributed by atoms with Gasteiger partial charge in [0.2, 0.25) is 0 Å². The predicted molar refractivity (Wildman–Crippen MR) is 63.7 cm³/mol. The van der Waals surface area contributed by atoms with E-state index in [0.717, 1.165) is 29.7 Å². The van der Waals surface area contributed by atoms with E-state index in [9.17, 15) is 0 Å². The maximum Gasteiger partial charge on any atom is 0.191 e. The number of thioether (sulfide) groups is 1. The highest BCUT2D eigenvalue weighted by Crippen LogP contribution is 2.18. The van der Waals surface area contributed by atoms with Gasteiger partial charge in [-0.05, 0) is 20.3 Å². The third-order valence-corrected chi connectivity index (χ3v) is 3.02. The van der Waals surface area contributed by atoms with Gasteiger partial charge in [-0.15, -0.1) is 16.8 Å². The van der Waals surface area contributed by atoms with Crippen molar-refractivity contribution in [3.63, 3.8) is 0 Å². The second kappa shape index (κ2) is 5.92. The Labute approximate surface area is 95.0 Å². The average Bonchev–Trinajstić information content (AvgIpc) is 2.59. The van der Waals surface area contributed by atoms with Gasteiger partial charge < -0.3 is 10.3 Å². The summed E-state index contributed by atoms with van der Waals surface area (Å²) in [6, 6.07) is 0. The molecule has 0 saturated carbocycles. The fourth-order valence-corrected chi connectivity index (χ4v) is 2.33. The molecule has 0 atom stereocenters. The van der Waals surface area contributed by atoms with Crippen LogP contribution in [0.4, 0.5) is 0 Å². The molecule has 1 rings (SSSR count). The van der Waals surface area contributed by atoms with Crippen LogP contribution < -0.4 is 5.73 Å². The Morgan fingerprint density at radius 2 is 2.27 bits per heavy atom. The summed E-state index contributed by atoms with van der Waals surface area (Å²) in [4.78, 5) is 0. The lowest BCUT2D eigenvalue weighted by atomic mass is 10.3. The Morgan fingerprint density at radius 1 is 1.53 bits per heavy atom. The summed E-state index contributed by atoms with van der Waals surface area (Å²) in [6.45, 7) is 9.30. The third-order valence-electron chi connectivity index (χ3n) is 2.05. The summed E-state index contributed by atoms with van der Waals surface area (Å²) in [5.41, 5.74) is 6.77. The first-order valence-electron chi connectivity index (χ1n) is 5.08. The first-order valence-corrected chi connectivity index (χ1v) is 6.07. The van der Waals surface area contributed by atoms with Crippen LogP contribution in [0.25, 0.3) is 0 Å². The summed E-state index contributed by atoms with van der Waals surface area (Å²) >= 11 is 1.71. The van der Waals surface area contributed by atoms with Crippen molar-refractivity contribution in [1.29, 1.82) is 0 Å². The third kappa shape index (κ3) is 3.35. The molecule has 0 radical (unpaired) electrons. The number of nitrogens with two attached hydrogens (primary N) is 1. The zero-order valence-electron chi connectivity index (χ0n) is 9.36. The predicted octanol–water partition coefficient (Wildman–Crippen LogP) is 1.81. The zero-order chi connectivity index (χ0) is 11.3. The number of allylic oxidation sites excluding steroid dienone is 1. The molecular formula is C10H18N4S. The van der Waals surface area contributed by atoms with E-state index < -0.39 is 0 Å². The minimum atomic E-state index is 0.446. The second-order valence-corrected chi connectivity index (χ2v) is 4.46. The van der Waals surface area contributed by atoms with Crippen molar-refractivity contribution in [3.8, 4) is 0 Å². The van der Waals surface area contributed by atoms with Crippen molar-refractivity contribution in [1.82, 2.24) is 14.8 Å². The molecule has 4 nitrogen and oxygen atoms in total. The quantitative estimate of drug-likeness (QED) is 0.594. The molecule has 0 bridgehead atoms. The smallest absolute Gasteiger partial charge is 0.191 e. The number of hydrogen-bond donors (Lipinski definition) is 1. The normalized spacial score (nSPS) is 10.6. The van der Waals surface area contributed by atoms with E-state index in [1.807, 2.05) is 6.92 Å². The van der Waals surface area contributed by atoms with Gasteiger partial charge in [0.15, 0.2) is 5.16 Å². The Kier molecular flexibility index (Phi) is 4.84. The van der Waals surface area contributed by atoms with Gasteiger partial charge in [0.05, 0.1) is 6.54 Å². The van der Waals surface area contributed by atoms with Gasteiger partial charge in [-0.25, -0.2) is 0 Å². The second-order valence-electron chi connectivity index (χ2n) is 3.40. The van der Waals surface area contributed by atoms with Crippen LogP contribution in [0.3, 0.4) is 0 Å². The maximum atomic E-state index is 5.57. The van der Waals surface area contributed by atoms with E-state index in [4.69, 9.17) is 5.73 Å². The highest BCUT2D eigenvalue weighted by atomic mass is 32.2. The number of hydrogen-bond acceptors (Lipinski definition) is 4. The Bertz CT molecular complexity index is 332. The number of rotatable bonds is 6. The van der Waals surface area contributed by atoms with Crippen LogP contribution in [0.1, 0.15) is 26.1 Å². The molecule has 15 heavy (non-hydrogen) atoms. The molecular weight excluding hydrogens is 208 g/mol. The van der Waals surface area contributed by atoms with Crippen molar-refractivity contribution >= 4 is 11.8 Å². The molecule has 0 aromatic carbocycles. The van der Waals surface area contributed by atoms with Crippen LogP contribution >= 0.6 is 11.8 Å². The molecule has 1 heterocycles. The van der Waals surface area contributed by atoms with E-state index in [1.165, 1.54) is 5.57 Å². The van der Waals surface area contributed by atoms with E-state index in [0.29, 0.717) is 6.54 Å². The summed E-state index contributed by atoms with van der Waals surface area (Å²) in [5.74, 6) is 1.85. The minimum Gasteiger partial charge on any atom is -0.324 e. The molecule has 0 aliphatic heterocycles. The molecule has 0 unspecified atom stereocenters. The SMILES string of the molecule is C=C(C)CCSc1nnc(CN)n1CC. The lowest BCUT2D eigenvalue weighted by molar-refractivity contribution is 0.643. The van der Waals surface area contributed by atoms with Gasteiger partial charge in [0.25, 0.3) is 0 Å². The van der Waals surface area contributed by atoms with Crippen LogP contribution in [0.15, 0.2) is 17.3 Å². The zero-order valence-corrected chi connectivity index (χ0v) is 10.2. The van der Waals surface area contributed by atoms with Gasteiger partial charge in [-0.1, -0.05) is 17.3 Å². The van der Waals surface area contributed by atoms with Crippen molar-refractivity contribution < 1.29 is 0 Å². The fraction of sp³-hybridized carbons (Fsp3) is 0.600. The highest BCUT2D eigenvalue weighted by molar-refractivity contribution is 7.99. The molecule has 0 aliphatic carbocycles. The number of nitrogens with zero attached hydrogens (tertiary/aromatic N) is 3. The lowest BCUT2D eigenvalue weighted by Crippen LogP contribution is -2.08. The standard InChI is InChI=1S/C10H18N4S/c1-4-14-9(7-11)12-13-10(14)15-6-5-8(2)3/h2,4-7,11H2,1,3H3. The van der Waals surface area contributed by atoms with Gasteiger partial charge in [-0.2, -0.15) is 0 Å². The first kappa shape index (κ1) is 12.3. The van der Waals surface area contributed by atoms with Crippen LogP contribution in [0, 0.1) is 0 Å². The van der Waals surface area contributed by atoms with Crippen molar-refractivity contribution in [2.75, 3.05) is 5.75 Å². The van der Waals surface area contributed by atoms with Gasteiger partial charge in [-0.3, -0.25) is 0 Å². The van der Waals surface area contributed by atoms with E-state index in [1.54, 1.807) is 11.8 Å². The van der Waals surface area contributed by atoms with E-state index in [2.05, 4.69) is 28.3 Å². The molecule has 0 fully saturated rings. The largest absolute Gasteiger partial charge is 0.324 e. The monoisotopic (exact) mass is 226 g/mol. The average molecular weight is 226 g/mol. The maximum absolute atomic E-state index is 5.57. The summed E-state index contributed by atoms with van der Waals surface area (Å²) < 4.78 is 2.06. The van der Waals surface area contributed by atoms with E-state index >= 15 is 0 Å².